The summed E-state index contributed by atoms with van der Waals surface area (Å²) in [6.07, 6.45) is 0. The molecule has 2 aromatic rings. The average Bonchev–Trinajstić information content (AvgIpc) is 2.63. The van der Waals surface area contributed by atoms with Crippen LogP contribution >= 0.6 is 0 Å². The molecule has 27 heavy (non-hydrogen) atoms. The van der Waals surface area contributed by atoms with Crippen molar-refractivity contribution in [2.75, 3.05) is 32.2 Å². The molecule has 0 unspecified atom stereocenters. The van der Waals surface area contributed by atoms with Crippen molar-refractivity contribution in [1.29, 1.82) is 0 Å². The van der Waals surface area contributed by atoms with Crippen LogP contribution in [0.4, 0.5) is 5.69 Å². The minimum absolute atomic E-state index is 0.116. The summed E-state index contributed by atoms with van der Waals surface area (Å²) in [7, 11) is -2.10. The van der Waals surface area contributed by atoms with E-state index in [0.717, 1.165) is 11.1 Å². The highest BCUT2D eigenvalue weighted by molar-refractivity contribution is 7.89. The molecular formula is C19H24N2O5S. The molecule has 2 rings (SSSR count). The Morgan fingerprint density at radius 3 is 2.37 bits per heavy atom. The molecule has 0 aromatic heterocycles. The van der Waals surface area contributed by atoms with Gasteiger partial charge in [-0.3, -0.25) is 4.79 Å². The number of anilines is 1. The van der Waals surface area contributed by atoms with Crippen LogP contribution in [0.2, 0.25) is 0 Å². The Hall–Kier alpha value is -2.42. The Bertz CT molecular complexity index is 879. The Morgan fingerprint density at radius 2 is 1.74 bits per heavy atom. The van der Waals surface area contributed by atoms with Crippen molar-refractivity contribution >= 4 is 21.6 Å². The van der Waals surface area contributed by atoms with Gasteiger partial charge in [0.05, 0.1) is 11.5 Å². The van der Waals surface area contributed by atoms with E-state index < -0.39 is 10.0 Å². The number of ether oxygens (including phenoxy) is 2. The minimum Gasteiger partial charge on any atom is -0.484 e. The van der Waals surface area contributed by atoms with Crippen LogP contribution in [0.1, 0.15) is 11.1 Å². The maximum absolute atomic E-state index is 12.1. The zero-order valence-corrected chi connectivity index (χ0v) is 16.4. The fourth-order valence-corrected chi connectivity index (χ4v) is 3.25. The number of sulfonamides is 1. The Labute approximate surface area is 159 Å². The lowest BCUT2D eigenvalue weighted by Gasteiger charge is -2.10. The lowest BCUT2D eigenvalue weighted by molar-refractivity contribution is -0.118. The number of amides is 1. The number of nitrogens with one attached hydrogen (secondary N) is 2. The summed E-state index contributed by atoms with van der Waals surface area (Å²) < 4.78 is 36.8. The second-order valence-corrected chi connectivity index (χ2v) is 7.76. The van der Waals surface area contributed by atoms with E-state index in [2.05, 4.69) is 10.0 Å². The van der Waals surface area contributed by atoms with Gasteiger partial charge in [-0.15, -0.1) is 0 Å². The van der Waals surface area contributed by atoms with Crippen LogP contribution in [-0.4, -0.2) is 41.2 Å². The zero-order chi connectivity index (χ0) is 19.9. The third-order valence-corrected chi connectivity index (χ3v) is 5.37. The monoisotopic (exact) mass is 392 g/mol. The number of carbonyl (C=O) groups excluding carboxylic acids is 1. The summed E-state index contributed by atoms with van der Waals surface area (Å²) in [5.74, 6) is 0.109. The van der Waals surface area contributed by atoms with E-state index in [0.29, 0.717) is 11.4 Å². The average molecular weight is 392 g/mol. The molecule has 0 bridgehead atoms. The first-order valence-corrected chi connectivity index (χ1v) is 9.89. The van der Waals surface area contributed by atoms with Gasteiger partial charge in [-0.1, -0.05) is 6.07 Å². The molecule has 0 radical (unpaired) electrons. The molecule has 0 saturated carbocycles. The van der Waals surface area contributed by atoms with Crippen molar-refractivity contribution in [3.8, 4) is 5.75 Å². The quantitative estimate of drug-likeness (QED) is 0.639. The lowest BCUT2D eigenvalue weighted by Crippen LogP contribution is -2.27. The SMILES string of the molecule is COCCNS(=O)(=O)c1ccc(OCC(=O)Nc2ccc(C)c(C)c2)cc1. The van der Waals surface area contributed by atoms with Gasteiger partial charge in [0.2, 0.25) is 10.0 Å². The van der Waals surface area contributed by atoms with Crippen LogP contribution < -0.4 is 14.8 Å². The van der Waals surface area contributed by atoms with Gasteiger partial charge in [0.15, 0.2) is 6.61 Å². The number of methoxy groups -OCH3 is 1. The molecule has 0 fully saturated rings. The van der Waals surface area contributed by atoms with E-state index in [1.54, 1.807) is 0 Å². The van der Waals surface area contributed by atoms with Gasteiger partial charge in [-0.05, 0) is 61.4 Å². The molecule has 0 aliphatic heterocycles. The van der Waals surface area contributed by atoms with Crippen LogP contribution in [0.3, 0.4) is 0 Å². The van der Waals surface area contributed by atoms with Crippen molar-refractivity contribution in [2.45, 2.75) is 18.7 Å². The van der Waals surface area contributed by atoms with Gasteiger partial charge < -0.3 is 14.8 Å². The molecule has 0 atom stereocenters. The second-order valence-electron chi connectivity index (χ2n) is 6.00. The maximum atomic E-state index is 12.1. The third-order valence-electron chi connectivity index (χ3n) is 3.89. The largest absolute Gasteiger partial charge is 0.484 e. The van der Waals surface area contributed by atoms with Crippen molar-refractivity contribution in [2.24, 2.45) is 0 Å². The lowest BCUT2D eigenvalue weighted by atomic mass is 10.1. The molecule has 146 valence electrons. The highest BCUT2D eigenvalue weighted by atomic mass is 32.2. The zero-order valence-electron chi connectivity index (χ0n) is 15.6. The molecule has 1 amide bonds. The van der Waals surface area contributed by atoms with Gasteiger partial charge in [0.1, 0.15) is 5.75 Å². The number of aryl methyl sites for hydroxylation is 2. The smallest absolute Gasteiger partial charge is 0.262 e. The fourth-order valence-electron chi connectivity index (χ4n) is 2.24. The number of carbonyl (C=O) groups is 1. The van der Waals surface area contributed by atoms with E-state index in [4.69, 9.17) is 9.47 Å². The van der Waals surface area contributed by atoms with Crippen molar-refractivity contribution in [3.05, 3.63) is 53.6 Å². The van der Waals surface area contributed by atoms with Crippen molar-refractivity contribution < 1.29 is 22.7 Å². The van der Waals surface area contributed by atoms with Gasteiger partial charge in [-0.25, -0.2) is 13.1 Å². The number of rotatable bonds is 9. The summed E-state index contributed by atoms with van der Waals surface area (Å²) in [5.41, 5.74) is 2.94. The standard InChI is InChI=1S/C19H24N2O5S/c1-14-4-5-16(12-15(14)2)21-19(22)13-26-17-6-8-18(9-7-17)27(23,24)20-10-11-25-3/h4-9,12,20H,10-11,13H2,1-3H3,(H,21,22). The molecular weight excluding hydrogens is 368 g/mol. The molecule has 2 N–H and O–H groups in total. The summed E-state index contributed by atoms with van der Waals surface area (Å²) in [5, 5.41) is 2.76. The maximum Gasteiger partial charge on any atom is 0.262 e. The van der Waals surface area contributed by atoms with Crippen molar-refractivity contribution in [3.63, 3.8) is 0 Å². The van der Waals surface area contributed by atoms with Crippen LogP contribution in [-0.2, 0) is 19.6 Å². The molecule has 0 saturated heterocycles. The Kier molecular flexibility index (Phi) is 7.35. The van der Waals surface area contributed by atoms with E-state index >= 15 is 0 Å². The first kappa shape index (κ1) is 20.9. The van der Waals surface area contributed by atoms with Gasteiger partial charge in [-0.2, -0.15) is 0 Å². The van der Waals surface area contributed by atoms with Crippen LogP contribution in [0.5, 0.6) is 5.75 Å². The number of hydrogen-bond acceptors (Lipinski definition) is 5. The highest BCUT2D eigenvalue weighted by Gasteiger charge is 2.13. The molecule has 0 spiro atoms. The summed E-state index contributed by atoms with van der Waals surface area (Å²) >= 11 is 0. The second kappa shape index (κ2) is 9.50. The van der Waals surface area contributed by atoms with Crippen LogP contribution in [0, 0.1) is 13.8 Å². The van der Waals surface area contributed by atoms with Crippen molar-refractivity contribution in [1.82, 2.24) is 4.72 Å². The molecule has 2 aromatic carbocycles. The molecule has 7 nitrogen and oxygen atoms in total. The summed E-state index contributed by atoms with van der Waals surface area (Å²) in [6.45, 7) is 4.28. The fraction of sp³-hybridized carbons (Fsp3) is 0.316. The van der Waals surface area contributed by atoms with Gasteiger partial charge in [0.25, 0.3) is 5.91 Å². The Morgan fingerprint density at radius 1 is 1.04 bits per heavy atom. The van der Waals surface area contributed by atoms with Gasteiger partial charge in [0, 0.05) is 19.3 Å². The molecule has 8 heteroatoms. The molecule has 0 heterocycles. The number of benzene rings is 2. The van der Waals surface area contributed by atoms with E-state index in [1.807, 2.05) is 32.0 Å². The van der Waals surface area contributed by atoms with E-state index in [1.165, 1.54) is 31.4 Å². The third kappa shape index (κ3) is 6.35. The first-order chi connectivity index (χ1) is 12.8. The predicted molar refractivity (Wildman–Crippen MR) is 104 cm³/mol. The van der Waals surface area contributed by atoms with Crippen LogP contribution in [0.15, 0.2) is 47.4 Å². The summed E-state index contributed by atoms with van der Waals surface area (Å²) in [4.78, 5) is 12.1. The highest BCUT2D eigenvalue weighted by Crippen LogP contribution is 2.17. The number of hydrogen-bond donors (Lipinski definition) is 2. The summed E-state index contributed by atoms with van der Waals surface area (Å²) in [6, 6.07) is 11.5. The normalized spacial score (nSPS) is 11.2. The topological polar surface area (TPSA) is 93.7 Å². The van der Waals surface area contributed by atoms with Crippen LogP contribution in [0.25, 0.3) is 0 Å². The molecule has 0 aliphatic rings. The van der Waals surface area contributed by atoms with Gasteiger partial charge >= 0.3 is 0 Å². The molecule has 0 aliphatic carbocycles. The minimum atomic E-state index is -3.59. The van der Waals surface area contributed by atoms with E-state index in [9.17, 15) is 13.2 Å². The van der Waals surface area contributed by atoms with E-state index in [-0.39, 0.29) is 30.6 Å². The Balaban J connectivity index is 1.88. The first-order valence-electron chi connectivity index (χ1n) is 8.40. The predicted octanol–water partition coefficient (Wildman–Crippen LogP) is 2.25.